The zero-order valence-electron chi connectivity index (χ0n) is 13.6. The van der Waals surface area contributed by atoms with Gasteiger partial charge in [0.1, 0.15) is 20.0 Å². The van der Waals surface area contributed by atoms with E-state index in [0.717, 1.165) is 6.07 Å². The highest BCUT2D eigenvalue weighted by molar-refractivity contribution is 6.36. The number of benzene rings is 1. The summed E-state index contributed by atoms with van der Waals surface area (Å²) < 4.78 is 39.1. The lowest BCUT2D eigenvalue weighted by atomic mass is 9.95. The molecular formula is C17H14BClF3N3. The van der Waals surface area contributed by atoms with Crippen molar-refractivity contribution in [1.29, 1.82) is 0 Å². The van der Waals surface area contributed by atoms with Crippen molar-refractivity contribution in [2.75, 3.05) is 5.32 Å². The predicted molar refractivity (Wildman–Crippen MR) is 93.2 cm³/mol. The monoisotopic (exact) mass is 363 g/mol. The van der Waals surface area contributed by atoms with Crippen molar-refractivity contribution < 1.29 is 13.2 Å². The molecule has 0 aliphatic carbocycles. The molecule has 1 N–H and O–H groups in total. The zero-order chi connectivity index (χ0) is 18.6. The number of alkyl halides is 3. The standard InChI is InChI=1S/C17H14BClF3N3/c1-10(25-16-15(18)11(2)23-9-24-16)4-3-5-12-6-7-13(19)8-14(12)17(20,21)22/h6-10H,4H2,1-2H3,(H,23,24,25). The molecule has 0 saturated carbocycles. The number of hydrogen-bond donors (Lipinski definition) is 1. The van der Waals surface area contributed by atoms with Crippen LogP contribution in [0.1, 0.15) is 30.2 Å². The van der Waals surface area contributed by atoms with E-state index in [1.165, 1.54) is 18.5 Å². The van der Waals surface area contributed by atoms with E-state index < -0.39 is 11.7 Å². The van der Waals surface area contributed by atoms with Crippen LogP contribution in [0.3, 0.4) is 0 Å². The van der Waals surface area contributed by atoms with Crippen LogP contribution < -0.4 is 10.8 Å². The Morgan fingerprint density at radius 1 is 1.32 bits per heavy atom. The fourth-order valence-electron chi connectivity index (χ4n) is 2.04. The number of nitrogens with one attached hydrogen (secondary N) is 1. The minimum Gasteiger partial charge on any atom is -0.367 e. The highest BCUT2D eigenvalue weighted by Gasteiger charge is 2.33. The minimum absolute atomic E-state index is 0.0162. The van der Waals surface area contributed by atoms with Crippen molar-refractivity contribution in [3.05, 3.63) is 46.4 Å². The molecule has 0 bridgehead atoms. The lowest BCUT2D eigenvalue weighted by molar-refractivity contribution is -0.137. The maximum atomic E-state index is 13.0. The molecule has 0 amide bonds. The van der Waals surface area contributed by atoms with Crippen LogP contribution in [0.4, 0.5) is 19.0 Å². The molecule has 0 fully saturated rings. The summed E-state index contributed by atoms with van der Waals surface area (Å²) in [7, 11) is 5.87. The smallest absolute Gasteiger partial charge is 0.367 e. The summed E-state index contributed by atoms with van der Waals surface area (Å²) in [5.41, 5.74) is 0.122. The Hall–Kier alpha value is -2.20. The molecule has 1 atom stereocenters. The van der Waals surface area contributed by atoms with Gasteiger partial charge in [-0.3, -0.25) is 0 Å². The van der Waals surface area contributed by atoms with Crippen molar-refractivity contribution in [3.63, 3.8) is 0 Å². The van der Waals surface area contributed by atoms with E-state index in [-0.39, 0.29) is 16.6 Å². The van der Waals surface area contributed by atoms with Gasteiger partial charge in [-0.25, -0.2) is 9.97 Å². The topological polar surface area (TPSA) is 37.8 Å². The molecule has 8 heteroatoms. The molecule has 128 valence electrons. The largest absolute Gasteiger partial charge is 0.417 e. The minimum atomic E-state index is -4.51. The van der Waals surface area contributed by atoms with Crippen LogP contribution in [-0.2, 0) is 6.18 Å². The summed E-state index contributed by atoms with van der Waals surface area (Å²) in [5, 5.41) is 3.09. The van der Waals surface area contributed by atoms with Gasteiger partial charge >= 0.3 is 6.18 Å². The van der Waals surface area contributed by atoms with Gasteiger partial charge in [0.25, 0.3) is 0 Å². The molecule has 0 saturated heterocycles. The molecular weight excluding hydrogens is 349 g/mol. The SMILES string of the molecule is [B]c1c(C)ncnc1NC(C)CC#Cc1ccc(Cl)cc1C(F)(F)F. The third kappa shape index (κ3) is 5.14. The summed E-state index contributed by atoms with van der Waals surface area (Å²) in [6.07, 6.45) is -2.82. The van der Waals surface area contributed by atoms with Gasteiger partial charge in [0.2, 0.25) is 0 Å². The van der Waals surface area contributed by atoms with Crippen LogP contribution in [0.25, 0.3) is 0 Å². The fourth-order valence-corrected chi connectivity index (χ4v) is 2.21. The molecule has 1 aromatic carbocycles. The Kier molecular flexibility index (Phi) is 5.96. The Morgan fingerprint density at radius 2 is 2.04 bits per heavy atom. The second kappa shape index (κ2) is 7.79. The van der Waals surface area contributed by atoms with E-state index in [1.54, 1.807) is 6.92 Å². The van der Waals surface area contributed by atoms with Gasteiger partial charge in [0.05, 0.1) is 5.56 Å². The van der Waals surface area contributed by atoms with Gasteiger partial charge in [0.15, 0.2) is 0 Å². The van der Waals surface area contributed by atoms with Crippen molar-refractivity contribution in [1.82, 2.24) is 9.97 Å². The first kappa shape index (κ1) is 19.1. The lowest BCUT2D eigenvalue weighted by Crippen LogP contribution is -2.24. The summed E-state index contributed by atoms with van der Waals surface area (Å²) in [5.74, 6) is 5.78. The van der Waals surface area contributed by atoms with Gasteiger partial charge in [-0.1, -0.05) is 23.4 Å². The number of anilines is 1. The molecule has 2 rings (SSSR count). The van der Waals surface area contributed by atoms with Crippen LogP contribution in [-0.4, -0.2) is 23.9 Å². The quantitative estimate of drug-likeness (QED) is 0.670. The number of halogens is 4. The van der Waals surface area contributed by atoms with Gasteiger partial charge in [0, 0.05) is 28.7 Å². The second-order valence-corrected chi connectivity index (χ2v) is 5.90. The van der Waals surface area contributed by atoms with Crippen molar-refractivity contribution in [3.8, 4) is 11.8 Å². The maximum absolute atomic E-state index is 13.0. The Morgan fingerprint density at radius 3 is 2.72 bits per heavy atom. The molecule has 2 radical (unpaired) electrons. The number of aromatic nitrogens is 2. The number of rotatable bonds is 3. The van der Waals surface area contributed by atoms with Gasteiger partial charge < -0.3 is 5.32 Å². The van der Waals surface area contributed by atoms with Crippen LogP contribution in [0.15, 0.2) is 24.5 Å². The summed E-state index contributed by atoms with van der Waals surface area (Å²) in [6.45, 7) is 3.59. The lowest BCUT2D eigenvalue weighted by Gasteiger charge is -2.14. The van der Waals surface area contributed by atoms with Crippen molar-refractivity contribution in [2.45, 2.75) is 32.5 Å². The third-order valence-electron chi connectivity index (χ3n) is 3.38. The normalized spacial score (nSPS) is 12.2. The Labute approximate surface area is 150 Å². The fraction of sp³-hybridized carbons (Fsp3) is 0.294. The van der Waals surface area contributed by atoms with Gasteiger partial charge in [-0.2, -0.15) is 13.2 Å². The Balaban J connectivity index is 2.11. The van der Waals surface area contributed by atoms with Gasteiger partial charge in [-0.05, 0) is 37.5 Å². The first-order chi connectivity index (χ1) is 11.7. The predicted octanol–water partition coefficient (Wildman–Crippen LogP) is 3.49. The summed E-state index contributed by atoms with van der Waals surface area (Å²) >= 11 is 5.64. The van der Waals surface area contributed by atoms with E-state index in [9.17, 15) is 13.2 Å². The molecule has 1 heterocycles. The molecule has 0 aliphatic rings. The van der Waals surface area contributed by atoms with Crippen LogP contribution in [0.2, 0.25) is 5.02 Å². The maximum Gasteiger partial charge on any atom is 0.417 e. The number of hydrogen-bond acceptors (Lipinski definition) is 3. The third-order valence-corrected chi connectivity index (χ3v) is 3.62. The molecule has 0 spiro atoms. The van der Waals surface area contributed by atoms with E-state index in [0.29, 0.717) is 23.4 Å². The van der Waals surface area contributed by atoms with Crippen LogP contribution in [0.5, 0.6) is 0 Å². The van der Waals surface area contributed by atoms with E-state index >= 15 is 0 Å². The first-order valence-electron chi connectivity index (χ1n) is 7.37. The van der Waals surface area contributed by atoms with Crippen molar-refractivity contribution >= 4 is 30.7 Å². The van der Waals surface area contributed by atoms with E-state index in [1.807, 2.05) is 6.92 Å². The van der Waals surface area contributed by atoms with Crippen molar-refractivity contribution in [2.24, 2.45) is 0 Å². The average molecular weight is 364 g/mol. The summed E-state index contributed by atoms with van der Waals surface area (Å²) in [6, 6.07) is 3.36. The second-order valence-electron chi connectivity index (χ2n) is 5.46. The zero-order valence-corrected chi connectivity index (χ0v) is 14.3. The molecule has 1 unspecified atom stereocenters. The first-order valence-corrected chi connectivity index (χ1v) is 7.75. The average Bonchev–Trinajstić information content (AvgIpc) is 2.52. The van der Waals surface area contributed by atoms with Crippen LogP contribution in [0, 0.1) is 18.8 Å². The molecule has 1 aromatic heterocycles. The molecule has 3 nitrogen and oxygen atoms in total. The summed E-state index contributed by atoms with van der Waals surface area (Å²) in [4.78, 5) is 8.01. The van der Waals surface area contributed by atoms with Gasteiger partial charge in [-0.15, -0.1) is 0 Å². The number of aryl methyl sites for hydroxylation is 1. The van der Waals surface area contributed by atoms with Crippen LogP contribution >= 0.6 is 11.6 Å². The molecule has 25 heavy (non-hydrogen) atoms. The van der Waals surface area contributed by atoms with E-state index in [2.05, 4.69) is 27.1 Å². The Bertz CT molecular complexity index is 828. The number of nitrogens with zero attached hydrogens (tertiary/aromatic N) is 2. The highest BCUT2D eigenvalue weighted by atomic mass is 35.5. The molecule has 0 aliphatic heterocycles. The highest BCUT2D eigenvalue weighted by Crippen LogP contribution is 2.33. The molecule has 2 aromatic rings. The van der Waals surface area contributed by atoms with E-state index in [4.69, 9.17) is 19.4 Å².